The van der Waals surface area contributed by atoms with Gasteiger partial charge < -0.3 is 52.9 Å². The second kappa shape index (κ2) is 34.1. The summed E-state index contributed by atoms with van der Waals surface area (Å²) in [5, 5.41) is 27.3. The molecule has 0 unspecified atom stereocenters. The van der Waals surface area contributed by atoms with Crippen LogP contribution >= 0.6 is 0 Å². The zero-order valence-electron chi connectivity index (χ0n) is 69.3. The van der Waals surface area contributed by atoms with Gasteiger partial charge in [-0.3, -0.25) is 14.7 Å². The number of fused-ring (bicyclic) bond motifs is 8. The molecule has 0 spiro atoms. The molecule has 9 aromatic rings. The lowest BCUT2D eigenvalue weighted by atomic mass is 9.86. The number of ether oxygens (including phenoxy) is 7. The molecule has 3 aromatic carbocycles. The number of amides is 2. The van der Waals surface area contributed by atoms with Crippen molar-refractivity contribution in [3.8, 4) is 17.4 Å². The highest BCUT2D eigenvalue weighted by atomic mass is 16.5. The Hall–Kier alpha value is -8.64. The van der Waals surface area contributed by atoms with Crippen LogP contribution in [-0.4, -0.2) is 117 Å². The Morgan fingerprint density at radius 1 is 0.463 bits per heavy atom. The van der Waals surface area contributed by atoms with Gasteiger partial charge in [0.2, 0.25) is 5.88 Å². The van der Waals surface area contributed by atoms with Gasteiger partial charge in [0.05, 0.1) is 73.7 Å². The maximum atomic E-state index is 11.2. The molecule has 6 aromatic heterocycles. The van der Waals surface area contributed by atoms with Gasteiger partial charge in [0.25, 0.3) is 11.8 Å². The summed E-state index contributed by atoms with van der Waals surface area (Å²) in [7, 11) is 0. The summed E-state index contributed by atoms with van der Waals surface area (Å²) in [6.45, 7) is 62.2. The number of imidazole rings is 2. The zero-order chi connectivity index (χ0) is 79.0. The van der Waals surface area contributed by atoms with Gasteiger partial charge >= 0.3 is 0 Å². The number of rotatable bonds is 0. The molecule has 0 fully saturated rings. The summed E-state index contributed by atoms with van der Waals surface area (Å²) in [5.41, 5.74) is 16.2. The van der Waals surface area contributed by atoms with Crippen LogP contribution in [0.3, 0.4) is 0 Å². The molecule has 0 saturated heterocycles. The first-order chi connectivity index (χ1) is 50.4. The summed E-state index contributed by atoms with van der Waals surface area (Å²) < 4.78 is 48.0. The lowest BCUT2D eigenvalue weighted by Crippen LogP contribution is -2.26. The lowest BCUT2D eigenvalue weighted by molar-refractivity contribution is -0.119. The van der Waals surface area contributed by atoms with Crippen LogP contribution in [-0.2, 0) is 131 Å². The van der Waals surface area contributed by atoms with Crippen LogP contribution < -0.4 is 24.8 Å². The van der Waals surface area contributed by atoms with Gasteiger partial charge in [-0.15, -0.1) is 0 Å². The molecular weight excluding hydrogens is 1360 g/mol. The Labute approximate surface area is 641 Å². The number of aromatic nitrogens is 12. The monoisotopic (exact) mass is 1480 g/mol. The number of carbonyl (C=O) groups is 2. The molecule has 0 bridgehead atoms. The Kier molecular flexibility index (Phi) is 26.3. The number of hydrogen-bond donors (Lipinski definition) is 3. The van der Waals surface area contributed by atoms with Crippen LogP contribution in [0.25, 0.3) is 10.9 Å². The first kappa shape index (κ1) is 83.4. The summed E-state index contributed by atoms with van der Waals surface area (Å²) in [4.78, 5) is 31.1. The van der Waals surface area contributed by atoms with E-state index in [2.05, 4.69) is 240 Å². The molecule has 23 nitrogen and oxygen atoms in total. The third-order valence-corrected chi connectivity index (χ3v) is 19.1. The van der Waals surface area contributed by atoms with Crippen LogP contribution in [0.5, 0.6) is 17.4 Å². The van der Waals surface area contributed by atoms with Gasteiger partial charge in [-0.1, -0.05) is 197 Å². The predicted molar refractivity (Wildman–Crippen MR) is 427 cm³/mol. The van der Waals surface area contributed by atoms with Gasteiger partial charge in [-0.25, -0.2) is 24.0 Å². The van der Waals surface area contributed by atoms with Crippen molar-refractivity contribution in [2.45, 2.75) is 275 Å². The van der Waals surface area contributed by atoms with Crippen LogP contribution in [0, 0.1) is 0 Å². The second-order valence-corrected chi connectivity index (χ2v) is 36.7. The van der Waals surface area contributed by atoms with Gasteiger partial charge in [0.1, 0.15) is 49.8 Å². The molecule has 588 valence electrons. The summed E-state index contributed by atoms with van der Waals surface area (Å²) in [6.07, 6.45) is 11.1. The quantitative estimate of drug-likeness (QED) is 0.128. The van der Waals surface area contributed by atoms with Crippen molar-refractivity contribution in [2.75, 3.05) is 56.9 Å². The third kappa shape index (κ3) is 22.3. The van der Waals surface area contributed by atoms with Crippen molar-refractivity contribution in [2.24, 2.45) is 0 Å². The fraction of sp³-hybridized carbons (Fsp3) is 0.576. The molecule has 0 aliphatic carbocycles. The van der Waals surface area contributed by atoms with E-state index in [0.29, 0.717) is 26.7 Å². The van der Waals surface area contributed by atoms with Crippen molar-refractivity contribution in [3.63, 3.8) is 0 Å². The second-order valence-electron chi connectivity index (χ2n) is 36.7. The molecular formula is C85H124N14O9. The van der Waals surface area contributed by atoms with E-state index in [9.17, 15) is 9.59 Å². The van der Waals surface area contributed by atoms with E-state index in [0.717, 1.165) is 129 Å². The number of benzene rings is 3. The highest BCUT2D eigenvalue weighted by Gasteiger charge is 2.30. The SMILES string of the molecule is CC(C)(C)c1[nH]nc2ccccc12.CC(C)(C)c1cc2n(n1)COCC2.CC(C)(C)c1ccc2c(c1)NC(=O)CO2.CC(C)(C)c1ccc2c(c1)OCC(=O)N2.CC(C)(C)c1cn2c(n1)COCC2.CC(C)(C)c1cnc2n1CCOC2.CC(C)(C)c1cnn2c1CCOC2.CC(C)(C)c1cnn2c1OCCC2. The standard InChI is InChI=1S/2C12H15NO2.C11H14N2.5C10H16N2O/c1-12(2,3)8-4-5-10-9(6-8)13-11(14)7-15-10;1-12(2,3)8-4-5-9-10(6-8)15-7-11(14)13-9;1-11(2,3)10-8-6-4-5-7-9(8)12-13-10;1-10(2,3)8-6-12-4-5-13-7-9(12)11-8;1-10(2,3)8-6-11-9-7-13-5-4-12(8)9;1-10(2,3)8-6-11-12-7-13-5-4-9(8)12;1-10(2,3)9-6-8-4-5-13-7-12(8)11-9;1-10(2,3)8-7-11-12-5-4-6-13-9(8)12/h2*4-6H,7H2,1-3H3,(H,13,14);4-7H,1-3H3,(H,12,13);4*6H,4-5,7H2,1-3H3;7H,4-6H2,1-3H3. The number of nitrogens with one attached hydrogen (secondary N) is 3. The summed E-state index contributed by atoms with van der Waals surface area (Å²) in [6, 6.07) is 22.2. The molecule has 7 aliphatic rings. The first-order valence-corrected chi connectivity index (χ1v) is 38.3. The largest absolute Gasteiger partial charge is 0.482 e. The maximum Gasteiger partial charge on any atom is 0.262 e. The predicted octanol–water partition coefficient (Wildman–Crippen LogP) is 16.3. The Balaban J connectivity index is 0.000000142. The Bertz CT molecular complexity index is 4200. The van der Waals surface area contributed by atoms with Crippen molar-refractivity contribution < 1.29 is 42.7 Å². The highest BCUT2D eigenvalue weighted by Crippen LogP contribution is 2.37. The van der Waals surface area contributed by atoms with Gasteiger partial charge in [-0.05, 0) is 74.7 Å². The van der Waals surface area contributed by atoms with Crippen molar-refractivity contribution in [1.29, 1.82) is 0 Å². The Morgan fingerprint density at radius 2 is 1.06 bits per heavy atom. The molecule has 16 rings (SSSR count). The Morgan fingerprint density at radius 3 is 1.69 bits per heavy atom. The molecule has 108 heavy (non-hydrogen) atoms. The third-order valence-electron chi connectivity index (χ3n) is 19.1. The topological polar surface area (TPSA) is 241 Å². The van der Waals surface area contributed by atoms with Crippen LogP contribution in [0.15, 0.2) is 91.5 Å². The minimum atomic E-state index is -0.0917. The first-order valence-electron chi connectivity index (χ1n) is 38.3. The maximum absolute atomic E-state index is 11.2. The van der Waals surface area contributed by atoms with Crippen LogP contribution in [0.2, 0.25) is 0 Å². The fourth-order valence-electron chi connectivity index (χ4n) is 12.5. The molecule has 0 atom stereocenters. The fourth-order valence-corrected chi connectivity index (χ4v) is 12.5. The van der Waals surface area contributed by atoms with E-state index >= 15 is 0 Å². The lowest BCUT2D eigenvalue weighted by Gasteiger charge is -2.24. The normalized spacial score (nSPS) is 16.0. The van der Waals surface area contributed by atoms with E-state index in [-0.39, 0.29) is 68.3 Å². The summed E-state index contributed by atoms with van der Waals surface area (Å²) >= 11 is 0. The van der Waals surface area contributed by atoms with Gasteiger partial charge in [0, 0.05) is 107 Å². The molecule has 7 aliphatic heterocycles. The summed E-state index contributed by atoms with van der Waals surface area (Å²) in [5.74, 6) is 4.44. The van der Waals surface area contributed by atoms with E-state index in [4.69, 9.17) is 33.2 Å². The average molecular weight is 1490 g/mol. The molecule has 23 heteroatoms. The van der Waals surface area contributed by atoms with E-state index < -0.39 is 0 Å². The molecule has 2 amide bonds. The number of anilines is 2. The van der Waals surface area contributed by atoms with E-state index in [1.54, 1.807) is 0 Å². The van der Waals surface area contributed by atoms with Crippen LogP contribution in [0.4, 0.5) is 11.4 Å². The smallest absolute Gasteiger partial charge is 0.262 e. The zero-order valence-corrected chi connectivity index (χ0v) is 69.3. The number of nitrogens with zero attached hydrogens (tertiary/aromatic N) is 11. The minimum absolute atomic E-state index is 0.0806. The van der Waals surface area contributed by atoms with Crippen molar-refractivity contribution in [3.05, 3.63) is 160 Å². The number of para-hydroxylation sites is 1. The molecule has 0 radical (unpaired) electrons. The average Bonchev–Trinajstić information content (AvgIpc) is 1.53. The molecule has 13 heterocycles. The van der Waals surface area contributed by atoms with E-state index in [1.165, 1.54) is 50.4 Å². The van der Waals surface area contributed by atoms with Crippen LogP contribution in [0.1, 0.15) is 241 Å². The van der Waals surface area contributed by atoms with Gasteiger partial charge in [0.15, 0.2) is 13.2 Å². The number of aryl methyl sites for hydroxylation is 1. The number of H-pyrrole nitrogens is 1. The molecule has 0 saturated carbocycles. The van der Waals surface area contributed by atoms with Crippen molar-refractivity contribution in [1.82, 2.24) is 58.6 Å². The van der Waals surface area contributed by atoms with E-state index in [1.807, 2.05) is 87.2 Å². The highest BCUT2D eigenvalue weighted by molar-refractivity contribution is 5.96. The number of carbonyl (C=O) groups excluding carboxylic acids is 2. The number of aromatic amines is 1. The number of hydrogen-bond acceptors (Lipinski definition) is 15. The minimum Gasteiger partial charge on any atom is -0.482 e. The van der Waals surface area contributed by atoms with Gasteiger partial charge in [-0.2, -0.15) is 20.4 Å². The molecule has 3 N–H and O–H groups in total. The van der Waals surface area contributed by atoms with Crippen molar-refractivity contribution >= 4 is 34.1 Å².